The van der Waals surface area contributed by atoms with Crippen molar-refractivity contribution in [1.29, 1.82) is 0 Å². The zero-order valence-corrected chi connectivity index (χ0v) is 12.5. The van der Waals surface area contributed by atoms with Gasteiger partial charge in [0.2, 0.25) is 0 Å². The van der Waals surface area contributed by atoms with Crippen molar-refractivity contribution in [2.75, 3.05) is 57.8 Å². The Kier molecular flexibility index (Phi) is 4.12. The zero-order chi connectivity index (χ0) is 14.8. The first kappa shape index (κ1) is 14.4. The molecule has 0 aromatic heterocycles. The second kappa shape index (κ2) is 6.03. The van der Waals surface area contributed by atoms with Crippen LogP contribution in [0.15, 0.2) is 24.3 Å². The fourth-order valence-electron chi connectivity index (χ4n) is 3.24. The molecule has 1 unspecified atom stereocenters. The van der Waals surface area contributed by atoms with E-state index in [9.17, 15) is 9.90 Å². The van der Waals surface area contributed by atoms with E-state index in [1.165, 1.54) is 0 Å². The van der Waals surface area contributed by atoms with Gasteiger partial charge < -0.3 is 14.9 Å². The van der Waals surface area contributed by atoms with Gasteiger partial charge in [-0.2, -0.15) is 0 Å². The molecule has 1 fully saturated rings. The topological polar surface area (TPSA) is 47.0 Å². The largest absolute Gasteiger partial charge is 0.481 e. The summed E-state index contributed by atoms with van der Waals surface area (Å²) in [5.74, 6) is -1.10. The van der Waals surface area contributed by atoms with Crippen LogP contribution in [-0.4, -0.2) is 73.7 Å². The molecule has 0 spiro atoms. The highest BCUT2D eigenvalue weighted by Gasteiger charge is 2.33. The molecule has 1 N–H and O–H groups in total. The van der Waals surface area contributed by atoms with Gasteiger partial charge in [0.05, 0.1) is 0 Å². The van der Waals surface area contributed by atoms with Gasteiger partial charge in [0.1, 0.15) is 5.92 Å². The molecule has 0 bridgehead atoms. The number of likely N-dealkylation sites (N-methyl/N-ethyl adjacent to an activating group) is 1. The summed E-state index contributed by atoms with van der Waals surface area (Å²) < 4.78 is 0. The second-order valence-corrected chi connectivity index (χ2v) is 6.04. The monoisotopic (exact) mass is 289 g/mol. The van der Waals surface area contributed by atoms with Gasteiger partial charge in [0.25, 0.3) is 0 Å². The van der Waals surface area contributed by atoms with Crippen LogP contribution in [0.5, 0.6) is 0 Å². The molecule has 0 amide bonds. The molecule has 0 saturated carbocycles. The standard InChI is InChI=1S/C16H23N3O2/c1-17-6-8-18(9-7-17)10-11-19-12-14(16(20)21)13-4-2-3-5-15(13)19/h2-5,14H,6-12H2,1H3,(H,20,21). The third-order valence-electron chi connectivity index (χ3n) is 4.64. The summed E-state index contributed by atoms with van der Waals surface area (Å²) in [5.41, 5.74) is 2.06. The molecule has 5 heteroatoms. The first-order valence-electron chi connectivity index (χ1n) is 7.63. The molecule has 2 aliphatic heterocycles. The lowest BCUT2D eigenvalue weighted by molar-refractivity contribution is -0.138. The van der Waals surface area contributed by atoms with E-state index in [2.05, 4.69) is 21.7 Å². The Morgan fingerprint density at radius 2 is 1.90 bits per heavy atom. The maximum atomic E-state index is 11.4. The third-order valence-corrected chi connectivity index (χ3v) is 4.64. The molecular formula is C16H23N3O2. The van der Waals surface area contributed by atoms with Crippen LogP contribution in [-0.2, 0) is 4.79 Å². The van der Waals surface area contributed by atoms with E-state index in [0.717, 1.165) is 50.5 Å². The van der Waals surface area contributed by atoms with Crippen LogP contribution in [0, 0.1) is 0 Å². The average molecular weight is 289 g/mol. The highest BCUT2D eigenvalue weighted by atomic mass is 16.4. The van der Waals surface area contributed by atoms with E-state index in [4.69, 9.17) is 0 Å². The van der Waals surface area contributed by atoms with Gasteiger partial charge in [-0.15, -0.1) is 0 Å². The Morgan fingerprint density at radius 1 is 1.19 bits per heavy atom. The number of carbonyl (C=O) groups is 1. The number of nitrogens with zero attached hydrogens (tertiary/aromatic N) is 3. The molecule has 2 aliphatic rings. The highest BCUT2D eigenvalue weighted by Crippen LogP contribution is 2.35. The minimum atomic E-state index is -0.718. The molecule has 114 valence electrons. The van der Waals surface area contributed by atoms with Crippen LogP contribution < -0.4 is 4.90 Å². The maximum absolute atomic E-state index is 11.4. The normalized spacial score (nSPS) is 23.3. The van der Waals surface area contributed by atoms with Crippen molar-refractivity contribution in [1.82, 2.24) is 9.80 Å². The molecule has 1 saturated heterocycles. The molecular weight excluding hydrogens is 266 g/mol. The fourth-order valence-corrected chi connectivity index (χ4v) is 3.24. The predicted octanol–water partition coefficient (Wildman–Crippen LogP) is 0.922. The second-order valence-electron chi connectivity index (χ2n) is 6.04. The lowest BCUT2D eigenvalue weighted by atomic mass is 10.0. The minimum absolute atomic E-state index is 0.381. The molecule has 3 rings (SSSR count). The van der Waals surface area contributed by atoms with E-state index in [0.29, 0.717) is 6.54 Å². The summed E-state index contributed by atoms with van der Waals surface area (Å²) in [4.78, 5) is 18.5. The number of piperazine rings is 1. The van der Waals surface area contributed by atoms with E-state index < -0.39 is 5.97 Å². The summed E-state index contributed by atoms with van der Waals surface area (Å²) in [6.45, 7) is 6.97. The van der Waals surface area contributed by atoms with Crippen LogP contribution in [0.2, 0.25) is 0 Å². The molecule has 1 atom stereocenters. The van der Waals surface area contributed by atoms with Crippen molar-refractivity contribution in [3.05, 3.63) is 29.8 Å². The number of carboxylic acids is 1. The summed E-state index contributed by atoms with van der Waals surface area (Å²) >= 11 is 0. The van der Waals surface area contributed by atoms with Crippen molar-refractivity contribution in [2.24, 2.45) is 0 Å². The van der Waals surface area contributed by atoms with E-state index in [-0.39, 0.29) is 5.92 Å². The Hall–Kier alpha value is -1.59. The molecule has 21 heavy (non-hydrogen) atoms. The maximum Gasteiger partial charge on any atom is 0.312 e. The van der Waals surface area contributed by atoms with E-state index in [1.807, 2.05) is 24.3 Å². The summed E-state index contributed by atoms with van der Waals surface area (Å²) in [6.07, 6.45) is 0. The van der Waals surface area contributed by atoms with Crippen LogP contribution in [0.25, 0.3) is 0 Å². The number of anilines is 1. The van der Waals surface area contributed by atoms with Crippen molar-refractivity contribution in [3.63, 3.8) is 0 Å². The summed E-state index contributed by atoms with van der Waals surface area (Å²) in [6, 6.07) is 7.91. The fraction of sp³-hybridized carbons (Fsp3) is 0.562. The molecule has 1 aromatic rings. The number of fused-ring (bicyclic) bond motifs is 1. The first-order chi connectivity index (χ1) is 10.1. The van der Waals surface area contributed by atoms with Crippen LogP contribution in [0.1, 0.15) is 11.5 Å². The van der Waals surface area contributed by atoms with Crippen LogP contribution >= 0.6 is 0 Å². The summed E-state index contributed by atoms with van der Waals surface area (Å²) in [5, 5.41) is 9.38. The lowest BCUT2D eigenvalue weighted by Crippen LogP contribution is -2.47. The highest BCUT2D eigenvalue weighted by molar-refractivity contribution is 5.82. The van der Waals surface area contributed by atoms with Crippen LogP contribution in [0.4, 0.5) is 5.69 Å². The Bertz CT molecular complexity index is 512. The average Bonchev–Trinajstić information content (AvgIpc) is 2.86. The first-order valence-corrected chi connectivity index (χ1v) is 7.63. The minimum Gasteiger partial charge on any atom is -0.481 e. The number of aliphatic carboxylic acids is 1. The predicted molar refractivity (Wildman–Crippen MR) is 83.0 cm³/mol. The quantitative estimate of drug-likeness (QED) is 0.893. The summed E-state index contributed by atoms with van der Waals surface area (Å²) in [7, 11) is 2.16. The lowest BCUT2D eigenvalue weighted by Gasteiger charge is -2.33. The molecule has 0 radical (unpaired) electrons. The van der Waals surface area contributed by atoms with Gasteiger partial charge >= 0.3 is 5.97 Å². The van der Waals surface area contributed by atoms with Crippen LogP contribution in [0.3, 0.4) is 0 Å². The SMILES string of the molecule is CN1CCN(CCN2CC(C(=O)O)c3ccccc32)CC1. The Labute approximate surface area is 125 Å². The number of rotatable bonds is 4. The van der Waals surface area contributed by atoms with Crippen molar-refractivity contribution >= 4 is 11.7 Å². The smallest absolute Gasteiger partial charge is 0.312 e. The zero-order valence-electron chi connectivity index (χ0n) is 12.5. The number of carboxylic acid groups (broad SMARTS) is 1. The van der Waals surface area contributed by atoms with E-state index >= 15 is 0 Å². The molecule has 1 aromatic carbocycles. The van der Waals surface area contributed by atoms with Gasteiger partial charge in [-0.3, -0.25) is 9.69 Å². The number of para-hydroxylation sites is 1. The van der Waals surface area contributed by atoms with Crippen molar-refractivity contribution in [3.8, 4) is 0 Å². The van der Waals surface area contributed by atoms with Crippen molar-refractivity contribution < 1.29 is 9.90 Å². The van der Waals surface area contributed by atoms with Gasteiger partial charge in [-0.25, -0.2) is 0 Å². The Morgan fingerprint density at radius 3 is 2.62 bits per heavy atom. The van der Waals surface area contributed by atoms with Gasteiger partial charge in [-0.1, -0.05) is 18.2 Å². The third kappa shape index (κ3) is 3.04. The molecule has 2 heterocycles. The van der Waals surface area contributed by atoms with Gasteiger partial charge in [0, 0.05) is 51.5 Å². The van der Waals surface area contributed by atoms with Crippen molar-refractivity contribution in [2.45, 2.75) is 5.92 Å². The number of hydrogen-bond acceptors (Lipinski definition) is 4. The van der Waals surface area contributed by atoms with Gasteiger partial charge in [-0.05, 0) is 18.7 Å². The molecule has 5 nitrogen and oxygen atoms in total. The number of hydrogen-bond donors (Lipinski definition) is 1. The molecule has 0 aliphatic carbocycles. The Balaban J connectivity index is 1.63. The van der Waals surface area contributed by atoms with E-state index in [1.54, 1.807) is 0 Å². The number of benzene rings is 1. The van der Waals surface area contributed by atoms with Gasteiger partial charge in [0.15, 0.2) is 0 Å².